The van der Waals surface area contributed by atoms with Crippen molar-refractivity contribution < 1.29 is 9.53 Å². The van der Waals surface area contributed by atoms with Crippen molar-refractivity contribution in [3.05, 3.63) is 54.1 Å². The molecule has 2 aliphatic rings. The van der Waals surface area contributed by atoms with E-state index in [1.165, 1.54) is 5.56 Å². The number of rotatable bonds is 2. The maximum absolute atomic E-state index is 12.9. The first-order valence-corrected chi connectivity index (χ1v) is 8.11. The van der Waals surface area contributed by atoms with E-state index in [9.17, 15) is 4.79 Å². The van der Waals surface area contributed by atoms with Gasteiger partial charge in [0.1, 0.15) is 12.4 Å². The summed E-state index contributed by atoms with van der Waals surface area (Å²) in [6.45, 7) is 3.87. The van der Waals surface area contributed by atoms with E-state index in [0.29, 0.717) is 13.2 Å². The average Bonchev–Trinajstić information content (AvgIpc) is 3.01. The van der Waals surface area contributed by atoms with Crippen LogP contribution < -0.4 is 14.5 Å². The molecule has 4 rings (SSSR count). The summed E-state index contributed by atoms with van der Waals surface area (Å²) in [5.74, 6) is 1.01. The summed E-state index contributed by atoms with van der Waals surface area (Å²) in [7, 11) is 0. The van der Waals surface area contributed by atoms with E-state index in [1.54, 1.807) is 0 Å². The van der Waals surface area contributed by atoms with Crippen LogP contribution in [0.25, 0.3) is 0 Å². The molecule has 0 saturated carbocycles. The predicted molar refractivity (Wildman–Crippen MR) is 91.2 cm³/mol. The van der Waals surface area contributed by atoms with Crippen molar-refractivity contribution in [2.75, 3.05) is 29.5 Å². The Morgan fingerprint density at radius 2 is 1.87 bits per heavy atom. The minimum atomic E-state index is 0.151. The molecule has 0 aromatic heterocycles. The van der Waals surface area contributed by atoms with Gasteiger partial charge in [-0.3, -0.25) is 4.79 Å². The fourth-order valence-electron chi connectivity index (χ4n) is 3.42. The van der Waals surface area contributed by atoms with Gasteiger partial charge in [0.25, 0.3) is 0 Å². The van der Waals surface area contributed by atoms with Crippen molar-refractivity contribution in [3.63, 3.8) is 0 Å². The highest BCUT2D eigenvalue weighted by atomic mass is 16.5. The van der Waals surface area contributed by atoms with Crippen LogP contribution in [0.15, 0.2) is 48.5 Å². The minimum Gasteiger partial charge on any atom is -0.489 e. The van der Waals surface area contributed by atoms with E-state index < -0.39 is 0 Å². The van der Waals surface area contributed by atoms with Crippen LogP contribution in [0.3, 0.4) is 0 Å². The van der Waals surface area contributed by atoms with Crippen LogP contribution in [0.2, 0.25) is 0 Å². The number of anilines is 2. The van der Waals surface area contributed by atoms with Gasteiger partial charge in [0, 0.05) is 12.2 Å². The summed E-state index contributed by atoms with van der Waals surface area (Å²) >= 11 is 0. The monoisotopic (exact) mass is 308 g/mol. The third-order valence-electron chi connectivity index (χ3n) is 4.68. The van der Waals surface area contributed by atoms with E-state index in [0.717, 1.165) is 30.1 Å². The van der Waals surface area contributed by atoms with Gasteiger partial charge in [0.15, 0.2) is 0 Å². The van der Waals surface area contributed by atoms with Gasteiger partial charge in [-0.1, -0.05) is 30.3 Å². The quantitative estimate of drug-likeness (QED) is 0.855. The molecule has 1 amide bonds. The van der Waals surface area contributed by atoms with Crippen LogP contribution in [0.1, 0.15) is 12.5 Å². The largest absolute Gasteiger partial charge is 0.489 e. The summed E-state index contributed by atoms with van der Waals surface area (Å²) in [5.41, 5.74) is 3.33. The van der Waals surface area contributed by atoms with E-state index >= 15 is 0 Å². The van der Waals surface area contributed by atoms with Crippen molar-refractivity contribution >= 4 is 17.3 Å². The van der Waals surface area contributed by atoms with Crippen LogP contribution in [-0.2, 0) is 11.2 Å². The second kappa shape index (κ2) is 5.61. The number of ether oxygens (including phenoxy) is 1. The van der Waals surface area contributed by atoms with Crippen molar-refractivity contribution in [3.8, 4) is 5.75 Å². The lowest BCUT2D eigenvalue weighted by Gasteiger charge is -2.37. The molecule has 1 atom stereocenters. The molecule has 23 heavy (non-hydrogen) atoms. The Bertz CT molecular complexity index is 744. The van der Waals surface area contributed by atoms with E-state index in [2.05, 4.69) is 17.9 Å². The zero-order valence-electron chi connectivity index (χ0n) is 13.2. The Morgan fingerprint density at radius 1 is 1.13 bits per heavy atom. The van der Waals surface area contributed by atoms with Crippen molar-refractivity contribution in [2.45, 2.75) is 19.4 Å². The normalized spacial score (nSPS) is 19.1. The van der Waals surface area contributed by atoms with Gasteiger partial charge in [0.05, 0.1) is 18.3 Å². The molecular weight excluding hydrogens is 288 g/mol. The molecule has 2 heterocycles. The lowest BCUT2D eigenvalue weighted by molar-refractivity contribution is -0.117. The summed E-state index contributed by atoms with van der Waals surface area (Å²) < 4.78 is 5.76. The number of para-hydroxylation sites is 3. The lowest BCUT2D eigenvalue weighted by atomic mass is 10.1. The number of nitrogens with zero attached hydrogens (tertiary/aromatic N) is 2. The molecule has 118 valence electrons. The summed E-state index contributed by atoms with van der Waals surface area (Å²) in [4.78, 5) is 16.9. The van der Waals surface area contributed by atoms with Gasteiger partial charge in [-0.2, -0.15) is 0 Å². The number of benzene rings is 2. The number of hydrogen-bond donors (Lipinski definition) is 0. The average molecular weight is 308 g/mol. The molecule has 2 aromatic rings. The van der Waals surface area contributed by atoms with E-state index in [1.807, 2.05) is 47.4 Å². The highest BCUT2D eigenvalue weighted by Crippen LogP contribution is 2.34. The van der Waals surface area contributed by atoms with Gasteiger partial charge in [-0.25, -0.2) is 0 Å². The van der Waals surface area contributed by atoms with Crippen molar-refractivity contribution in [2.24, 2.45) is 0 Å². The molecule has 0 radical (unpaired) electrons. The number of carbonyl (C=O) groups excluding carboxylic acids is 1. The molecule has 0 aliphatic carbocycles. The molecule has 0 N–H and O–H groups in total. The number of fused-ring (bicyclic) bond motifs is 2. The fourth-order valence-corrected chi connectivity index (χ4v) is 3.42. The zero-order valence-corrected chi connectivity index (χ0v) is 13.2. The molecule has 4 heteroatoms. The molecule has 0 spiro atoms. The standard InChI is InChI=1S/C19H20N2O2/c1-14-13-23-18-9-5-4-8-17(18)21(14)12-19(22)20-11-10-15-6-2-3-7-16(15)20/h2-9,14H,10-13H2,1H3/t14-/m1/s1. The smallest absolute Gasteiger partial charge is 0.246 e. The fraction of sp³-hybridized carbons (Fsp3) is 0.316. The number of amides is 1. The lowest BCUT2D eigenvalue weighted by Crippen LogP contribution is -2.47. The van der Waals surface area contributed by atoms with Gasteiger partial charge in [0.2, 0.25) is 5.91 Å². The molecule has 0 saturated heterocycles. The summed E-state index contributed by atoms with van der Waals surface area (Å²) in [6, 6.07) is 16.3. The Labute approximate surface area is 136 Å². The first-order valence-electron chi connectivity index (χ1n) is 8.11. The Kier molecular flexibility index (Phi) is 3.45. The van der Waals surface area contributed by atoms with Gasteiger partial charge < -0.3 is 14.5 Å². The van der Waals surface area contributed by atoms with Crippen LogP contribution >= 0.6 is 0 Å². The van der Waals surface area contributed by atoms with Gasteiger partial charge in [-0.15, -0.1) is 0 Å². The first-order chi connectivity index (χ1) is 11.2. The molecule has 4 nitrogen and oxygen atoms in total. The van der Waals surface area contributed by atoms with Crippen molar-refractivity contribution in [1.82, 2.24) is 0 Å². The third-order valence-corrected chi connectivity index (χ3v) is 4.68. The van der Waals surface area contributed by atoms with Crippen LogP contribution in [0, 0.1) is 0 Å². The molecule has 2 aliphatic heterocycles. The topological polar surface area (TPSA) is 32.8 Å². The second-order valence-electron chi connectivity index (χ2n) is 6.18. The Balaban J connectivity index is 1.58. The molecule has 0 fully saturated rings. The van der Waals surface area contributed by atoms with Crippen LogP contribution in [0.4, 0.5) is 11.4 Å². The molecular formula is C19H20N2O2. The SMILES string of the molecule is C[C@@H]1COc2ccccc2N1CC(=O)N1CCc2ccccc21. The van der Waals surface area contributed by atoms with Gasteiger partial charge >= 0.3 is 0 Å². The second-order valence-corrected chi connectivity index (χ2v) is 6.18. The summed E-state index contributed by atoms with van der Waals surface area (Å²) in [5, 5.41) is 0. The molecule has 0 unspecified atom stereocenters. The predicted octanol–water partition coefficient (Wildman–Crippen LogP) is 2.86. The highest BCUT2D eigenvalue weighted by molar-refractivity contribution is 5.98. The zero-order chi connectivity index (χ0) is 15.8. The third kappa shape index (κ3) is 2.44. The number of hydrogen-bond acceptors (Lipinski definition) is 3. The van der Waals surface area contributed by atoms with Crippen LogP contribution in [0.5, 0.6) is 5.75 Å². The molecule has 2 aromatic carbocycles. The Morgan fingerprint density at radius 3 is 2.74 bits per heavy atom. The number of carbonyl (C=O) groups is 1. The first kappa shape index (κ1) is 14.1. The summed E-state index contributed by atoms with van der Waals surface area (Å²) in [6.07, 6.45) is 0.942. The van der Waals surface area contributed by atoms with E-state index in [4.69, 9.17) is 4.74 Å². The Hall–Kier alpha value is -2.49. The molecule has 0 bridgehead atoms. The van der Waals surface area contributed by atoms with E-state index in [-0.39, 0.29) is 11.9 Å². The maximum Gasteiger partial charge on any atom is 0.246 e. The highest BCUT2D eigenvalue weighted by Gasteiger charge is 2.30. The maximum atomic E-state index is 12.9. The minimum absolute atomic E-state index is 0.151. The van der Waals surface area contributed by atoms with Crippen molar-refractivity contribution in [1.29, 1.82) is 0 Å². The van der Waals surface area contributed by atoms with Crippen LogP contribution in [-0.4, -0.2) is 31.6 Å². The van der Waals surface area contributed by atoms with Gasteiger partial charge in [-0.05, 0) is 37.1 Å².